The van der Waals surface area contributed by atoms with Crippen LogP contribution in [-0.4, -0.2) is 13.0 Å². The van der Waals surface area contributed by atoms with E-state index in [0.29, 0.717) is 17.9 Å². The summed E-state index contributed by atoms with van der Waals surface area (Å²) in [6.45, 7) is 4.18. The topological polar surface area (TPSA) is 38.3 Å². The van der Waals surface area contributed by atoms with Crippen LogP contribution >= 0.6 is 0 Å². The lowest BCUT2D eigenvalue weighted by molar-refractivity contribution is -0.116. The van der Waals surface area contributed by atoms with Gasteiger partial charge in [0.25, 0.3) is 0 Å². The highest BCUT2D eigenvalue weighted by molar-refractivity contribution is 5.92. The minimum Gasteiger partial charge on any atom is -0.495 e. The molecule has 0 aliphatic heterocycles. The summed E-state index contributed by atoms with van der Waals surface area (Å²) in [5.41, 5.74) is 4.44. The number of para-hydroxylation sites is 2. The molecule has 0 bridgehead atoms. The molecule has 1 N–H and O–H groups in total. The van der Waals surface area contributed by atoms with Crippen molar-refractivity contribution in [1.29, 1.82) is 0 Å². The first kappa shape index (κ1) is 15.1. The van der Waals surface area contributed by atoms with Crippen LogP contribution in [0.1, 0.15) is 23.1 Å². The molecule has 110 valence electrons. The molecule has 0 fully saturated rings. The molecule has 0 atom stereocenters. The number of carbonyl (C=O) groups excluding carboxylic acids is 1. The summed E-state index contributed by atoms with van der Waals surface area (Å²) in [5.74, 6) is 0.676. The van der Waals surface area contributed by atoms with Gasteiger partial charge in [0, 0.05) is 6.42 Å². The third-order valence-electron chi connectivity index (χ3n) is 3.59. The molecule has 0 aliphatic carbocycles. The number of nitrogens with one attached hydrogen (secondary N) is 1. The van der Waals surface area contributed by atoms with E-state index >= 15 is 0 Å². The van der Waals surface area contributed by atoms with E-state index in [0.717, 1.165) is 6.42 Å². The first-order valence-corrected chi connectivity index (χ1v) is 7.09. The van der Waals surface area contributed by atoms with Crippen LogP contribution in [0.5, 0.6) is 5.75 Å². The fourth-order valence-electron chi connectivity index (χ4n) is 2.18. The van der Waals surface area contributed by atoms with Crippen molar-refractivity contribution in [3.8, 4) is 5.75 Å². The number of amides is 1. The second-order valence-corrected chi connectivity index (χ2v) is 5.17. The van der Waals surface area contributed by atoms with Gasteiger partial charge in [0.1, 0.15) is 5.75 Å². The number of hydrogen-bond acceptors (Lipinski definition) is 2. The minimum atomic E-state index is -0.00210. The van der Waals surface area contributed by atoms with Crippen molar-refractivity contribution in [2.24, 2.45) is 0 Å². The Labute approximate surface area is 126 Å². The molecule has 3 heteroatoms. The van der Waals surface area contributed by atoms with E-state index in [1.165, 1.54) is 16.7 Å². The van der Waals surface area contributed by atoms with Crippen LogP contribution in [0.2, 0.25) is 0 Å². The molecule has 0 saturated heterocycles. The molecular formula is C18H21NO2. The quantitative estimate of drug-likeness (QED) is 0.904. The van der Waals surface area contributed by atoms with Crippen molar-refractivity contribution in [2.75, 3.05) is 12.4 Å². The van der Waals surface area contributed by atoms with Crippen LogP contribution in [0.15, 0.2) is 42.5 Å². The number of anilines is 1. The highest BCUT2D eigenvalue weighted by atomic mass is 16.5. The molecule has 2 rings (SSSR count). The number of methoxy groups -OCH3 is 1. The summed E-state index contributed by atoms with van der Waals surface area (Å²) < 4.78 is 5.22. The Kier molecular flexibility index (Phi) is 4.99. The molecule has 0 radical (unpaired) electrons. The van der Waals surface area contributed by atoms with Gasteiger partial charge in [-0.1, -0.05) is 30.3 Å². The lowest BCUT2D eigenvalue weighted by Crippen LogP contribution is -2.13. The monoisotopic (exact) mass is 283 g/mol. The van der Waals surface area contributed by atoms with Crippen LogP contribution in [0.4, 0.5) is 5.69 Å². The van der Waals surface area contributed by atoms with Crippen LogP contribution in [0, 0.1) is 13.8 Å². The van der Waals surface area contributed by atoms with E-state index in [1.54, 1.807) is 7.11 Å². The second-order valence-electron chi connectivity index (χ2n) is 5.17. The Bertz CT molecular complexity index is 635. The number of carbonyl (C=O) groups is 1. The summed E-state index contributed by atoms with van der Waals surface area (Å²) in [4.78, 5) is 12.0. The largest absolute Gasteiger partial charge is 0.495 e. The fourth-order valence-corrected chi connectivity index (χ4v) is 2.18. The van der Waals surface area contributed by atoms with E-state index in [4.69, 9.17) is 4.74 Å². The highest BCUT2D eigenvalue weighted by Crippen LogP contribution is 2.23. The molecule has 0 aromatic heterocycles. The Hall–Kier alpha value is -2.29. The van der Waals surface area contributed by atoms with Crippen molar-refractivity contribution < 1.29 is 9.53 Å². The maximum Gasteiger partial charge on any atom is 0.224 e. The highest BCUT2D eigenvalue weighted by Gasteiger charge is 2.07. The zero-order chi connectivity index (χ0) is 15.2. The maximum atomic E-state index is 12.0. The summed E-state index contributed by atoms with van der Waals surface area (Å²) in [5, 5.41) is 2.89. The molecule has 0 spiro atoms. The van der Waals surface area contributed by atoms with Crippen molar-refractivity contribution in [3.63, 3.8) is 0 Å². The van der Waals surface area contributed by atoms with Gasteiger partial charge in [0.2, 0.25) is 5.91 Å². The number of ether oxygens (including phenoxy) is 1. The van der Waals surface area contributed by atoms with Gasteiger partial charge in [-0.25, -0.2) is 0 Å². The van der Waals surface area contributed by atoms with E-state index in [1.807, 2.05) is 24.3 Å². The van der Waals surface area contributed by atoms with E-state index in [-0.39, 0.29) is 5.91 Å². The molecule has 0 aliphatic rings. The van der Waals surface area contributed by atoms with E-state index in [2.05, 4.69) is 37.4 Å². The molecule has 3 nitrogen and oxygen atoms in total. The lowest BCUT2D eigenvalue weighted by atomic mass is 10.0. The average molecular weight is 283 g/mol. The molecule has 0 saturated carbocycles. The van der Waals surface area contributed by atoms with Crippen molar-refractivity contribution in [1.82, 2.24) is 0 Å². The number of hydrogen-bond donors (Lipinski definition) is 1. The summed E-state index contributed by atoms with van der Waals surface area (Å²) in [6.07, 6.45) is 1.20. The Morgan fingerprint density at radius 2 is 1.86 bits per heavy atom. The molecule has 0 heterocycles. The van der Waals surface area contributed by atoms with Crippen LogP contribution in [0.3, 0.4) is 0 Å². The number of rotatable bonds is 5. The van der Waals surface area contributed by atoms with Gasteiger partial charge in [-0.3, -0.25) is 4.79 Å². The van der Waals surface area contributed by atoms with Crippen LogP contribution in [0.25, 0.3) is 0 Å². The number of benzene rings is 2. The van der Waals surface area contributed by atoms with Crippen molar-refractivity contribution in [3.05, 3.63) is 59.2 Å². The van der Waals surface area contributed by atoms with E-state index in [9.17, 15) is 4.79 Å². The third-order valence-corrected chi connectivity index (χ3v) is 3.59. The smallest absolute Gasteiger partial charge is 0.224 e. The molecule has 2 aromatic rings. The van der Waals surface area contributed by atoms with Crippen molar-refractivity contribution in [2.45, 2.75) is 26.7 Å². The first-order chi connectivity index (χ1) is 10.1. The van der Waals surface area contributed by atoms with Gasteiger partial charge in [0.05, 0.1) is 12.8 Å². The maximum absolute atomic E-state index is 12.0. The summed E-state index contributed by atoms with van der Waals surface area (Å²) in [6, 6.07) is 13.8. The van der Waals surface area contributed by atoms with Gasteiger partial charge in [-0.2, -0.15) is 0 Å². The van der Waals surface area contributed by atoms with Crippen LogP contribution in [-0.2, 0) is 11.2 Å². The lowest BCUT2D eigenvalue weighted by Gasteiger charge is -2.10. The zero-order valence-corrected chi connectivity index (χ0v) is 12.8. The standard InChI is InChI=1S/C18H21NO2/c1-13-8-9-15(12-14(13)2)10-11-18(20)19-16-6-4-5-7-17(16)21-3/h4-9,12H,10-11H2,1-3H3,(H,19,20). The van der Waals surface area contributed by atoms with Crippen LogP contribution < -0.4 is 10.1 Å². The Morgan fingerprint density at radius 3 is 2.57 bits per heavy atom. The average Bonchev–Trinajstić information content (AvgIpc) is 2.49. The van der Waals surface area contributed by atoms with Gasteiger partial charge in [-0.15, -0.1) is 0 Å². The predicted octanol–water partition coefficient (Wildman–Crippen LogP) is 3.88. The van der Waals surface area contributed by atoms with E-state index < -0.39 is 0 Å². The first-order valence-electron chi connectivity index (χ1n) is 7.09. The predicted molar refractivity (Wildman–Crippen MR) is 85.9 cm³/mol. The zero-order valence-electron chi connectivity index (χ0n) is 12.8. The molecule has 2 aromatic carbocycles. The molecule has 1 amide bonds. The number of aryl methyl sites for hydroxylation is 3. The van der Waals surface area contributed by atoms with Gasteiger partial charge in [-0.05, 0) is 49.1 Å². The Balaban J connectivity index is 1.94. The fraction of sp³-hybridized carbons (Fsp3) is 0.278. The van der Waals surface area contributed by atoms with Gasteiger partial charge >= 0.3 is 0 Å². The van der Waals surface area contributed by atoms with Gasteiger partial charge < -0.3 is 10.1 Å². The third kappa shape index (κ3) is 4.09. The normalized spacial score (nSPS) is 10.2. The summed E-state index contributed by atoms with van der Waals surface area (Å²) in [7, 11) is 1.60. The minimum absolute atomic E-state index is 0.00210. The van der Waals surface area contributed by atoms with Gasteiger partial charge in [0.15, 0.2) is 0 Å². The molecular weight excluding hydrogens is 262 g/mol. The molecule has 0 unspecified atom stereocenters. The Morgan fingerprint density at radius 1 is 1.10 bits per heavy atom. The summed E-state index contributed by atoms with van der Waals surface area (Å²) >= 11 is 0. The van der Waals surface area contributed by atoms with Crippen molar-refractivity contribution >= 4 is 11.6 Å². The molecule has 21 heavy (non-hydrogen) atoms. The second kappa shape index (κ2) is 6.93. The SMILES string of the molecule is COc1ccccc1NC(=O)CCc1ccc(C)c(C)c1.